The number of sulfonamides is 1. The van der Waals surface area contributed by atoms with E-state index in [2.05, 4.69) is 0 Å². The number of halogens is 1. The van der Waals surface area contributed by atoms with E-state index in [1.54, 1.807) is 29.6 Å². The van der Waals surface area contributed by atoms with Crippen LogP contribution in [0, 0.1) is 5.82 Å². The lowest BCUT2D eigenvalue weighted by Gasteiger charge is -2.39. The lowest BCUT2D eigenvalue weighted by atomic mass is 10.1. The van der Waals surface area contributed by atoms with E-state index < -0.39 is 21.9 Å². The van der Waals surface area contributed by atoms with Gasteiger partial charge in [-0.15, -0.1) is 11.3 Å². The normalized spacial score (nSPS) is 21.2. The zero-order valence-corrected chi connectivity index (χ0v) is 17.2. The van der Waals surface area contributed by atoms with Crippen LogP contribution in [0.15, 0.2) is 46.0 Å². The standard InChI is InChI=1S/C19H20FN3O4S2/c20-15-4-1-3-14(11-15)12-21-13-17(24)23-9-8-22(7-6-16(23)19(21)25)29(26,27)18-5-2-10-28-18/h1-5,10-11,16H,6-9,12-13H2. The van der Waals surface area contributed by atoms with Gasteiger partial charge in [0.1, 0.15) is 22.6 Å². The molecule has 0 radical (unpaired) electrons. The minimum absolute atomic E-state index is 0.0937. The van der Waals surface area contributed by atoms with Crippen molar-refractivity contribution >= 4 is 33.2 Å². The van der Waals surface area contributed by atoms with Crippen molar-refractivity contribution in [1.29, 1.82) is 0 Å². The molecule has 0 aliphatic carbocycles. The molecule has 29 heavy (non-hydrogen) atoms. The summed E-state index contributed by atoms with van der Waals surface area (Å²) in [5.41, 5.74) is 0.607. The third-order valence-corrected chi connectivity index (χ3v) is 8.49. The number of carbonyl (C=O) groups excluding carboxylic acids is 2. The molecule has 154 valence electrons. The van der Waals surface area contributed by atoms with Crippen LogP contribution in [0.4, 0.5) is 4.39 Å². The van der Waals surface area contributed by atoms with E-state index in [1.165, 1.54) is 26.2 Å². The Morgan fingerprint density at radius 3 is 2.66 bits per heavy atom. The van der Waals surface area contributed by atoms with Gasteiger partial charge in [-0.2, -0.15) is 4.31 Å². The predicted octanol–water partition coefficient (Wildman–Crippen LogP) is 1.52. The first kappa shape index (κ1) is 20.0. The summed E-state index contributed by atoms with van der Waals surface area (Å²) in [4.78, 5) is 28.6. The number of rotatable bonds is 4. The number of thiophene rings is 1. The minimum atomic E-state index is -3.64. The molecule has 0 bridgehead atoms. The number of hydrogen-bond donors (Lipinski definition) is 0. The Balaban J connectivity index is 1.51. The van der Waals surface area contributed by atoms with Gasteiger partial charge in [0.2, 0.25) is 11.8 Å². The van der Waals surface area contributed by atoms with E-state index >= 15 is 0 Å². The van der Waals surface area contributed by atoms with Crippen LogP contribution in [0.1, 0.15) is 12.0 Å². The molecule has 2 amide bonds. The lowest BCUT2D eigenvalue weighted by Crippen LogP contribution is -2.59. The van der Waals surface area contributed by atoms with Crippen molar-refractivity contribution in [3.05, 3.63) is 53.2 Å². The molecule has 4 rings (SSSR count). The number of fused-ring (bicyclic) bond motifs is 1. The van der Waals surface area contributed by atoms with Crippen molar-refractivity contribution in [3.8, 4) is 0 Å². The highest BCUT2D eigenvalue weighted by Crippen LogP contribution is 2.26. The van der Waals surface area contributed by atoms with Gasteiger partial charge in [-0.05, 0) is 35.6 Å². The Hall–Kier alpha value is -2.30. The molecule has 1 aromatic carbocycles. The molecule has 2 aliphatic heterocycles. The molecule has 0 saturated carbocycles. The number of nitrogens with zero attached hydrogens (tertiary/aromatic N) is 3. The van der Waals surface area contributed by atoms with Gasteiger partial charge in [0, 0.05) is 26.2 Å². The molecular weight excluding hydrogens is 417 g/mol. The second kappa shape index (κ2) is 7.85. The fraction of sp³-hybridized carbons (Fsp3) is 0.368. The summed E-state index contributed by atoms with van der Waals surface area (Å²) in [7, 11) is -3.64. The topological polar surface area (TPSA) is 78.0 Å². The van der Waals surface area contributed by atoms with E-state index in [0.717, 1.165) is 11.3 Å². The minimum Gasteiger partial charge on any atom is -0.328 e. The summed E-state index contributed by atoms with van der Waals surface area (Å²) in [6.07, 6.45) is 0.231. The van der Waals surface area contributed by atoms with E-state index in [9.17, 15) is 22.4 Å². The fourth-order valence-corrected chi connectivity index (χ4v) is 6.36. The zero-order chi connectivity index (χ0) is 20.6. The van der Waals surface area contributed by atoms with E-state index in [0.29, 0.717) is 5.56 Å². The summed E-state index contributed by atoms with van der Waals surface area (Å²) in [6.45, 7) is 0.537. The van der Waals surface area contributed by atoms with Crippen molar-refractivity contribution < 1.29 is 22.4 Å². The Morgan fingerprint density at radius 1 is 1.10 bits per heavy atom. The zero-order valence-electron chi connectivity index (χ0n) is 15.5. The molecular formula is C19H20FN3O4S2. The predicted molar refractivity (Wildman–Crippen MR) is 105 cm³/mol. The van der Waals surface area contributed by atoms with Crippen LogP contribution in [0.2, 0.25) is 0 Å². The molecule has 10 heteroatoms. The van der Waals surface area contributed by atoms with Gasteiger partial charge < -0.3 is 9.80 Å². The summed E-state index contributed by atoms with van der Waals surface area (Å²) in [6, 6.07) is 8.45. The summed E-state index contributed by atoms with van der Waals surface area (Å²) in [5, 5.41) is 1.70. The van der Waals surface area contributed by atoms with Crippen molar-refractivity contribution in [2.24, 2.45) is 0 Å². The largest absolute Gasteiger partial charge is 0.328 e. The Labute approximate surface area is 172 Å². The van der Waals surface area contributed by atoms with Crippen molar-refractivity contribution in [1.82, 2.24) is 14.1 Å². The first-order valence-electron chi connectivity index (χ1n) is 9.22. The molecule has 1 unspecified atom stereocenters. The summed E-state index contributed by atoms with van der Waals surface area (Å²) in [5.74, 6) is -0.852. The lowest BCUT2D eigenvalue weighted by molar-refractivity contribution is -0.156. The Bertz CT molecular complexity index is 1030. The maximum absolute atomic E-state index is 13.4. The highest BCUT2D eigenvalue weighted by Gasteiger charge is 2.42. The average molecular weight is 438 g/mol. The number of benzene rings is 1. The molecule has 0 N–H and O–H groups in total. The van der Waals surface area contributed by atoms with Crippen molar-refractivity contribution in [2.45, 2.75) is 23.2 Å². The molecule has 2 fully saturated rings. The third-order valence-electron chi connectivity index (χ3n) is 5.21. The smallest absolute Gasteiger partial charge is 0.252 e. The fourth-order valence-electron chi connectivity index (χ4n) is 3.77. The Kier molecular flexibility index (Phi) is 5.41. The number of amides is 2. The van der Waals surface area contributed by atoms with Crippen LogP contribution < -0.4 is 0 Å². The second-order valence-corrected chi connectivity index (χ2v) is 10.2. The van der Waals surface area contributed by atoms with Gasteiger partial charge in [0.05, 0.1) is 0 Å². The van der Waals surface area contributed by atoms with Gasteiger partial charge in [-0.25, -0.2) is 12.8 Å². The highest BCUT2D eigenvalue weighted by molar-refractivity contribution is 7.91. The maximum atomic E-state index is 13.4. The molecule has 1 aromatic heterocycles. The number of carbonyl (C=O) groups is 2. The maximum Gasteiger partial charge on any atom is 0.252 e. The SMILES string of the molecule is O=C1C2CCN(S(=O)(=O)c3cccs3)CCN2C(=O)CN1Cc1cccc(F)c1. The van der Waals surface area contributed by atoms with E-state index in [-0.39, 0.29) is 55.2 Å². The third kappa shape index (κ3) is 3.92. The van der Waals surface area contributed by atoms with Crippen LogP contribution >= 0.6 is 11.3 Å². The van der Waals surface area contributed by atoms with Gasteiger partial charge >= 0.3 is 0 Å². The van der Waals surface area contributed by atoms with Crippen LogP contribution in [-0.4, -0.2) is 66.6 Å². The van der Waals surface area contributed by atoms with Gasteiger partial charge in [-0.1, -0.05) is 18.2 Å². The molecule has 3 heterocycles. The average Bonchev–Trinajstić information content (AvgIpc) is 3.12. The van der Waals surface area contributed by atoms with Crippen LogP contribution in [0.3, 0.4) is 0 Å². The molecule has 1 atom stereocenters. The number of hydrogen-bond acceptors (Lipinski definition) is 5. The molecule has 2 aliphatic rings. The quantitative estimate of drug-likeness (QED) is 0.727. The van der Waals surface area contributed by atoms with Gasteiger partial charge in [-0.3, -0.25) is 9.59 Å². The summed E-state index contributed by atoms with van der Waals surface area (Å²) >= 11 is 1.14. The first-order chi connectivity index (χ1) is 13.9. The molecule has 2 aromatic rings. The molecule has 7 nitrogen and oxygen atoms in total. The first-order valence-corrected chi connectivity index (χ1v) is 11.5. The second-order valence-electron chi connectivity index (χ2n) is 7.05. The van der Waals surface area contributed by atoms with Gasteiger partial charge in [0.25, 0.3) is 10.0 Å². The van der Waals surface area contributed by atoms with Crippen molar-refractivity contribution in [2.75, 3.05) is 26.2 Å². The van der Waals surface area contributed by atoms with Crippen LogP contribution in [0.25, 0.3) is 0 Å². The highest BCUT2D eigenvalue weighted by atomic mass is 32.2. The van der Waals surface area contributed by atoms with Gasteiger partial charge in [0.15, 0.2) is 0 Å². The monoisotopic (exact) mass is 437 g/mol. The van der Waals surface area contributed by atoms with E-state index in [4.69, 9.17) is 0 Å². The molecule has 0 spiro atoms. The van der Waals surface area contributed by atoms with E-state index in [1.807, 2.05) is 0 Å². The van der Waals surface area contributed by atoms with Crippen LogP contribution in [-0.2, 0) is 26.2 Å². The number of piperazine rings is 1. The summed E-state index contributed by atoms with van der Waals surface area (Å²) < 4.78 is 40.7. The molecule has 2 saturated heterocycles. The van der Waals surface area contributed by atoms with Crippen molar-refractivity contribution in [3.63, 3.8) is 0 Å². The Morgan fingerprint density at radius 2 is 1.93 bits per heavy atom. The van der Waals surface area contributed by atoms with Crippen LogP contribution in [0.5, 0.6) is 0 Å².